The number of hydrogen-bond donors (Lipinski definition) is 0. The van der Waals surface area contributed by atoms with Gasteiger partial charge < -0.3 is 9.64 Å². The molecule has 1 aromatic rings. The van der Waals surface area contributed by atoms with E-state index in [4.69, 9.17) is 4.74 Å². The van der Waals surface area contributed by atoms with Crippen molar-refractivity contribution in [1.82, 2.24) is 4.90 Å². The fraction of sp³-hybridized carbons (Fsp3) is 0.588. The summed E-state index contributed by atoms with van der Waals surface area (Å²) in [5.74, 6) is 0.185. The average molecular weight is 275 g/mol. The van der Waals surface area contributed by atoms with Crippen LogP contribution in [0.4, 0.5) is 0 Å². The van der Waals surface area contributed by atoms with Crippen LogP contribution in [0.1, 0.15) is 39.2 Å². The zero-order valence-electron chi connectivity index (χ0n) is 12.8. The predicted octanol–water partition coefficient (Wildman–Crippen LogP) is 3.20. The number of esters is 1. The van der Waals surface area contributed by atoms with E-state index in [0.29, 0.717) is 5.92 Å². The number of carbonyl (C=O) groups excluding carboxylic acids is 1. The molecule has 0 aliphatic carbocycles. The number of hydrogen-bond acceptors (Lipinski definition) is 3. The molecule has 2 rings (SSSR count). The smallest absolute Gasteiger partial charge is 0.303 e. The monoisotopic (exact) mass is 275 g/mol. The van der Waals surface area contributed by atoms with Gasteiger partial charge in [0.05, 0.1) is 0 Å². The van der Waals surface area contributed by atoms with Crippen LogP contribution in [0.5, 0.6) is 0 Å². The molecule has 1 fully saturated rings. The molecule has 20 heavy (non-hydrogen) atoms. The van der Waals surface area contributed by atoms with Crippen molar-refractivity contribution >= 4 is 5.97 Å². The fourth-order valence-electron chi connectivity index (χ4n) is 3.42. The molecule has 3 nitrogen and oxygen atoms in total. The highest BCUT2D eigenvalue weighted by Crippen LogP contribution is 2.42. The minimum absolute atomic E-state index is 0.189. The number of rotatable bonds is 5. The minimum atomic E-state index is -0.475. The van der Waals surface area contributed by atoms with Gasteiger partial charge in [0.2, 0.25) is 0 Å². The van der Waals surface area contributed by atoms with Crippen molar-refractivity contribution in [3.8, 4) is 0 Å². The van der Waals surface area contributed by atoms with E-state index >= 15 is 0 Å². The molecule has 0 N–H and O–H groups in total. The molecule has 3 heteroatoms. The van der Waals surface area contributed by atoms with E-state index in [0.717, 1.165) is 38.0 Å². The lowest BCUT2D eigenvalue weighted by molar-refractivity contribution is -0.166. The quantitative estimate of drug-likeness (QED) is 0.773. The molecule has 1 aliphatic heterocycles. The molecule has 0 bridgehead atoms. The van der Waals surface area contributed by atoms with Crippen molar-refractivity contribution in [2.24, 2.45) is 5.92 Å². The molecule has 0 spiro atoms. The summed E-state index contributed by atoms with van der Waals surface area (Å²) in [7, 11) is 0. The maximum Gasteiger partial charge on any atom is 0.303 e. The Morgan fingerprint density at radius 3 is 2.55 bits per heavy atom. The van der Waals surface area contributed by atoms with Crippen molar-refractivity contribution < 1.29 is 9.53 Å². The number of benzene rings is 1. The number of carbonyl (C=O) groups is 1. The Morgan fingerprint density at radius 1 is 1.35 bits per heavy atom. The molecule has 0 saturated carbocycles. The van der Waals surface area contributed by atoms with E-state index in [1.54, 1.807) is 0 Å². The highest BCUT2D eigenvalue weighted by atomic mass is 16.6. The van der Waals surface area contributed by atoms with Crippen molar-refractivity contribution in [1.29, 1.82) is 0 Å². The zero-order valence-corrected chi connectivity index (χ0v) is 12.8. The van der Waals surface area contributed by atoms with Gasteiger partial charge in [0.15, 0.2) is 0 Å². The van der Waals surface area contributed by atoms with Gasteiger partial charge in [0, 0.05) is 19.4 Å². The highest BCUT2D eigenvalue weighted by molar-refractivity contribution is 5.67. The topological polar surface area (TPSA) is 29.5 Å². The van der Waals surface area contributed by atoms with Crippen LogP contribution < -0.4 is 0 Å². The van der Waals surface area contributed by atoms with Gasteiger partial charge in [-0.15, -0.1) is 0 Å². The normalized spacial score (nSPS) is 22.4. The first-order valence-electron chi connectivity index (χ1n) is 7.59. The number of ether oxygens (including phenoxy) is 1. The van der Waals surface area contributed by atoms with Crippen LogP contribution in [0, 0.1) is 5.92 Å². The van der Waals surface area contributed by atoms with Gasteiger partial charge in [0.1, 0.15) is 5.60 Å². The molecule has 0 radical (unpaired) electrons. The first kappa shape index (κ1) is 15.0. The third-order valence-corrected chi connectivity index (χ3v) is 4.49. The van der Waals surface area contributed by atoms with Gasteiger partial charge in [-0.05, 0) is 31.5 Å². The molecule has 1 aromatic carbocycles. The minimum Gasteiger partial charge on any atom is -0.454 e. The molecule has 0 unspecified atom stereocenters. The molecule has 1 aliphatic rings. The fourth-order valence-corrected chi connectivity index (χ4v) is 3.42. The average Bonchev–Trinajstić information content (AvgIpc) is 2.95. The van der Waals surface area contributed by atoms with E-state index in [-0.39, 0.29) is 5.97 Å². The molecule has 1 saturated heterocycles. The van der Waals surface area contributed by atoms with Crippen molar-refractivity contribution in [2.75, 3.05) is 19.6 Å². The molecule has 0 amide bonds. The molecule has 110 valence electrons. The van der Waals surface area contributed by atoms with Gasteiger partial charge in [-0.1, -0.05) is 44.2 Å². The van der Waals surface area contributed by atoms with Gasteiger partial charge in [-0.3, -0.25) is 4.79 Å². The van der Waals surface area contributed by atoms with Crippen LogP contribution in [0.3, 0.4) is 0 Å². The van der Waals surface area contributed by atoms with Gasteiger partial charge >= 0.3 is 5.97 Å². The summed E-state index contributed by atoms with van der Waals surface area (Å²) in [6.45, 7) is 8.98. The Bertz CT molecular complexity index is 446. The first-order valence-corrected chi connectivity index (χ1v) is 7.59. The SMILES string of the molecule is CCN1CC[C@H]([C@](CC)(OC(C)=O)c2ccccc2)C1. The van der Waals surface area contributed by atoms with Gasteiger partial charge in [0.25, 0.3) is 0 Å². The lowest BCUT2D eigenvalue weighted by Gasteiger charge is -2.38. The van der Waals surface area contributed by atoms with Crippen LogP contribution in [0.2, 0.25) is 0 Å². The van der Waals surface area contributed by atoms with E-state index < -0.39 is 5.60 Å². The van der Waals surface area contributed by atoms with E-state index in [1.165, 1.54) is 6.92 Å². The summed E-state index contributed by atoms with van der Waals surface area (Å²) < 4.78 is 5.88. The Hall–Kier alpha value is -1.35. The van der Waals surface area contributed by atoms with E-state index in [9.17, 15) is 4.79 Å². The molecular weight excluding hydrogens is 250 g/mol. The Labute approximate surface area is 121 Å². The summed E-state index contributed by atoms with van der Waals surface area (Å²) >= 11 is 0. The summed E-state index contributed by atoms with van der Waals surface area (Å²) in [6, 6.07) is 10.2. The Morgan fingerprint density at radius 2 is 2.05 bits per heavy atom. The summed E-state index contributed by atoms with van der Waals surface area (Å²) in [5.41, 5.74) is 0.650. The van der Waals surface area contributed by atoms with Crippen LogP contribution in [-0.4, -0.2) is 30.5 Å². The van der Waals surface area contributed by atoms with Gasteiger partial charge in [-0.25, -0.2) is 0 Å². The number of likely N-dealkylation sites (tertiary alicyclic amines) is 1. The van der Waals surface area contributed by atoms with Crippen LogP contribution in [0.15, 0.2) is 30.3 Å². The maximum absolute atomic E-state index is 11.7. The summed E-state index contributed by atoms with van der Waals surface area (Å²) in [4.78, 5) is 14.1. The lowest BCUT2D eigenvalue weighted by atomic mass is 9.78. The summed E-state index contributed by atoms with van der Waals surface area (Å²) in [6.07, 6.45) is 1.91. The lowest BCUT2D eigenvalue weighted by Crippen LogP contribution is -2.40. The number of nitrogens with zero attached hydrogens (tertiary/aromatic N) is 1. The van der Waals surface area contributed by atoms with Crippen molar-refractivity contribution in [3.05, 3.63) is 35.9 Å². The highest BCUT2D eigenvalue weighted by Gasteiger charge is 2.44. The second-order valence-electron chi connectivity index (χ2n) is 5.58. The van der Waals surface area contributed by atoms with Crippen LogP contribution in [0.25, 0.3) is 0 Å². The standard InChI is InChI=1S/C17H25NO2/c1-4-17(20-14(3)19,15-9-7-6-8-10-15)16-11-12-18(5-2)13-16/h6-10,16H,4-5,11-13H2,1-3H3/t16-,17+/m0/s1. The largest absolute Gasteiger partial charge is 0.454 e. The Balaban J connectivity index is 2.35. The van der Waals surface area contributed by atoms with Crippen LogP contribution >= 0.6 is 0 Å². The van der Waals surface area contributed by atoms with Gasteiger partial charge in [-0.2, -0.15) is 0 Å². The molecule has 1 heterocycles. The first-order chi connectivity index (χ1) is 9.62. The van der Waals surface area contributed by atoms with Crippen molar-refractivity contribution in [3.63, 3.8) is 0 Å². The van der Waals surface area contributed by atoms with E-state index in [2.05, 4.69) is 30.9 Å². The predicted molar refractivity (Wildman–Crippen MR) is 80.4 cm³/mol. The molecule has 2 atom stereocenters. The third-order valence-electron chi connectivity index (χ3n) is 4.49. The molecular formula is C17H25NO2. The second-order valence-corrected chi connectivity index (χ2v) is 5.58. The molecule has 0 aromatic heterocycles. The summed E-state index contributed by atoms with van der Waals surface area (Å²) in [5, 5.41) is 0. The zero-order chi connectivity index (χ0) is 14.6. The van der Waals surface area contributed by atoms with E-state index in [1.807, 2.05) is 18.2 Å². The second kappa shape index (κ2) is 6.40. The Kier molecular flexibility index (Phi) is 4.81. The van der Waals surface area contributed by atoms with Crippen LogP contribution in [-0.2, 0) is 15.1 Å². The third kappa shape index (κ3) is 2.88. The van der Waals surface area contributed by atoms with Crippen molar-refractivity contribution in [2.45, 2.75) is 39.2 Å². The maximum atomic E-state index is 11.7.